The largest absolute Gasteiger partial charge is 0.507 e. The number of amides is 1. The number of rotatable bonds is 5. The fraction of sp³-hybridized carbons (Fsp3) is 0.385. The third kappa shape index (κ3) is 4.26. The molecular formula is C13H18N2O2. The smallest absolute Gasteiger partial charge is 0.242 e. The number of nitrogens with zero attached hydrogens (tertiary/aromatic N) is 1. The Morgan fingerprint density at radius 3 is 2.65 bits per heavy atom. The maximum Gasteiger partial charge on any atom is 0.242 e. The lowest BCUT2D eigenvalue weighted by Gasteiger charge is -2.10. The van der Waals surface area contributed by atoms with Crippen LogP contribution in [0.15, 0.2) is 29.3 Å². The van der Waals surface area contributed by atoms with Crippen LogP contribution in [0.1, 0.15) is 25.8 Å². The number of carbonyl (C=O) groups is 1. The Morgan fingerprint density at radius 2 is 2.12 bits per heavy atom. The van der Waals surface area contributed by atoms with Crippen molar-refractivity contribution in [2.75, 3.05) is 0 Å². The van der Waals surface area contributed by atoms with E-state index < -0.39 is 11.9 Å². The number of hydrogen-bond donors (Lipinski definition) is 2. The van der Waals surface area contributed by atoms with Gasteiger partial charge < -0.3 is 10.8 Å². The van der Waals surface area contributed by atoms with Gasteiger partial charge in [0.2, 0.25) is 5.91 Å². The number of aromatic hydroxyl groups is 1. The van der Waals surface area contributed by atoms with Gasteiger partial charge in [0, 0.05) is 11.8 Å². The van der Waals surface area contributed by atoms with Gasteiger partial charge in [-0.1, -0.05) is 26.0 Å². The summed E-state index contributed by atoms with van der Waals surface area (Å²) in [5.41, 5.74) is 5.86. The molecule has 1 amide bonds. The fourth-order valence-corrected chi connectivity index (χ4v) is 1.46. The normalized spacial score (nSPS) is 13.1. The van der Waals surface area contributed by atoms with Crippen molar-refractivity contribution in [2.45, 2.75) is 26.3 Å². The van der Waals surface area contributed by atoms with Crippen LogP contribution in [0.5, 0.6) is 5.75 Å². The highest BCUT2D eigenvalue weighted by molar-refractivity contribution is 5.87. The molecule has 0 saturated carbocycles. The Kier molecular flexibility index (Phi) is 4.69. The SMILES string of the molecule is CC(C)C[C@H](N=Cc1ccccc1O)C(N)=O. The second kappa shape index (κ2) is 6.03. The predicted molar refractivity (Wildman–Crippen MR) is 68.1 cm³/mol. The van der Waals surface area contributed by atoms with Gasteiger partial charge in [-0.05, 0) is 24.5 Å². The second-order valence-electron chi connectivity index (χ2n) is 4.38. The van der Waals surface area contributed by atoms with Gasteiger partial charge in [0.05, 0.1) is 0 Å². The second-order valence-corrected chi connectivity index (χ2v) is 4.38. The summed E-state index contributed by atoms with van der Waals surface area (Å²) in [6, 6.07) is 6.29. The molecule has 4 nitrogen and oxygen atoms in total. The van der Waals surface area contributed by atoms with Crippen molar-refractivity contribution in [1.29, 1.82) is 0 Å². The highest BCUT2D eigenvalue weighted by Gasteiger charge is 2.14. The quantitative estimate of drug-likeness (QED) is 0.761. The van der Waals surface area contributed by atoms with Crippen LogP contribution in [0.3, 0.4) is 0 Å². The van der Waals surface area contributed by atoms with E-state index in [1.54, 1.807) is 24.3 Å². The average Bonchev–Trinajstić information content (AvgIpc) is 2.25. The summed E-state index contributed by atoms with van der Waals surface area (Å²) in [6.07, 6.45) is 2.10. The first-order valence-electron chi connectivity index (χ1n) is 5.61. The molecule has 0 bridgehead atoms. The Bertz CT molecular complexity index is 414. The van der Waals surface area contributed by atoms with Gasteiger partial charge in [0.25, 0.3) is 0 Å². The molecule has 0 spiro atoms. The van der Waals surface area contributed by atoms with E-state index in [-0.39, 0.29) is 5.75 Å². The molecule has 1 aromatic carbocycles. The van der Waals surface area contributed by atoms with Crippen LogP contribution in [0.25, 0.3) is 0 Å². The van der Waals surface area contributed by atoms with Gasteiger partial charge >= 0.3 is 0 Å². The average molecular weight is 234 g/mol. The molecule has 1 atom stereocenters. The third-order valence-electron chi connectivity index (χ3n) is 2.35. The van der Waals surface area contributed by atoms with Crippen molar-refractivity contribution in [3.05, 3.63) is 29.8 Å². The minimum absolute atomic E-state index is 0.143. The van der Waals surface area contributed by atoms with E-state index in [0.29, 0.717) is 17.9 Å². The summed E-state index contributed by atoms with van der Waals surface area (Å²) < 4.78 is 0. The van der Waals surface area contributed by atoms with E-state index in [9.17, 15) is 9.90 Å². The van der Waals surface area contributed by atoms with Crippen LogP contribution in [0, 0.1) is 5.92 Å². The number of aliphatic imine (C=N–C) groups is 1. The number of nitrogens with two attached hydrogens (primary N) is 1. The van der Waals surface area contributed by atoms with E-state index in [1.165, 1.54) is 6.21 Å². The van der Waals surface area contributed by atoms with E-state index in [4.69, 9.17) is 5.73 Å². The highest BCUT2D eigenvalue weighted by atomic mass is 16.3. The molecule has 17 heavy (non-hydrogen) atoms. The number of phenols is 1. The lowest BCUT2D eigenvalue weighted by atomic mass is 10.0. The van der Waals surface area contributed by atoms with Crippen LogP contribution in [0.4, 0.5) is 0 Å². The summed E-state index contributed by atoms with van der Waals surface area (Å²) in [5.74, 6) is 0.0448. The lowest BCUT2D eigenvalue weighted by molar-refractivity contribution is -0.119. The van der Waals surface area contributed by atoms with Gasteiger partial charge in [-0.2, -0.15) is 0 Å². The Labute approximate surface area is 101 Å². The summed E-state index contributed by atoms with van der Waals surface area (Å²) in [6.45, 7) is 4.01. The monoisotopic (exact) mass is 234 g/mol. The first-order chi connectivity index (χ1) is 8.00. The van der Waals surface area contributed by atoms with Crippen LogP contribution in [-0.2, 0) is 4.79 Å². The number of hydrogen-bond acceptors (Lipinski definition) is 3. The number of primary amides is 1. The van der Waals surface area contributed by atoms with E-state index in [2.05, 4.69) is 4.99 Å². The first-order valence-corrected chi connectivity index (χ1v) is 5.61. The van der Waals surface area contributed by atoms with E-state index in [0.717, 1.165) is 0 Å². The van der Waals surface area contributed by atoms with E-state index in [1.807, 2.05) is 13.8 Å². The molecule has 0 unspecified atom stereocenters. The molecule has 0 aliphatic heterocycles. The Balaban J connectivity index is 2.80. The summed E-state index contributed by atoms with van der Waals surface area (Å²) in [7, 11) is 0. The zero-order valence-electron chi connectivity index (χ0n) is 10.1. The zero-order valence-corrected chi connectivity index (χ0v) is 10.1. The Hall–Kier alpha value is -1.84. The van der Waals surface area contributed by atoms with Gasteiger partial charge in [-0.3, -0.25) is 9.79 Å². The molecule has 3 N–H and O–H groups in total. The summed E-state index contributed by atoms with van der Waals surface area (Å²) in [4.78, 5) is 15.3. The van der Waals surface area contributed by atoms with Gasteiger partial charge in [-0.25, -0.2) is 0 Å². The minimum Gasteiger partial charge on any atom is -0.507 e. The zero-order chi connectivity index (χ0) is 12.8. The number of phenolic OH excluding ortho intramolecular Hbond substituents is 1. The van der Waals surface area contributed by atoms with Crippen LogP contribution >= 0.6 is 0 Å². The minimum atomic E-state index is -0.533. The molecule has 0 aliphatic rings. The van der Waals surface area contributed by atoms with Crippen LogP contribution in [-0.4, -0.2) is 23.3 Å². The predicted octanol–water partition coefficient (Wildman–Crippen LogP) is 1.71. The molecule has 1 rings (SSSR count). The first kappa shape index (κ1) is 13.2. The van der Waals surface area contributed by atoms with Crippen molar-refractivity contribution in [1.82, 2.24) is 0 Å². The number of carbonyl (C=O) groups excluding carboxylic acids is 1. The third-order valence-corrected chi connectivity index (χ3v) is 2.35. The standard InChI is InChI=1S/C13H18N2O2/c1-9(2)7-11(13(14)17)15-8-10-5-3-4-6-12(10)16/h3-6,8-9,11,16H,7H2,1-2H3,(H2,14,17)/t11-/m0/s1. The van der Waals surface area contributed by atoms with Crippen molar-refractivity contribution in [3.8, 4) is 5.75 Å². The number of benzene rings is 1. The molecule has 1 aromatic rings. The summed E-state index contributed by atoms with van der Waals surface area (Å²) in [5, 5.41) is 9.54. The molecule has 0 radical (unpaired) electrons. The van der Waals surface area contributed by atoms with Gasteiger partial charge in [-0.15, -0.1) is 0 Å². The van der Waals surface area contributed by atoms with Gasteiger partial charge in [0.15, 0.2) is 0 Å². The maximum absolute atomic E-state index is 11.2. The van der Waals surface area contributed by atoms with Crippen molar-refractivity contribution in [3.63, 3.8) is 0 Å². The maximum atomic E-state index is 11.2. The molecule has 92 valence electrons. The van der Waals surface area contributed by atoms with Crippen LogP contribution in [0.2, 0.25) is 0 Å². The van der Waals surface area contributed by atoms with Crippen molar-refractivity contribution in [2.24, 2.45) is 16.6 Å². The number of para-hydroxylation sites is 1. The highest BCUT2D eigenvalue weighted by Crippen LogP contribution is 2.14. The Morgan fingerprint density at radius 1 is 1.47 bits per heavy atom. The van der Waals surface area contributed by atoms with Crippen LogP contribution < -0.4 is 5.73 Å². The topological polar surface area (TPSA) is 75.7 Å². The molecular weight excluding hydrogens is 216 g/mol. The molecule has 0 heterocycles. The molecule has 0 fully saturated rings. The van der Waals surface area contributed by atoms with Crippen molar-refractivity contribution < 1.29 is 9.90 Å². The van der Waals surface area contributed by atoms with E-state index >= 15 is 0 Å². The molecule has 4 heteroatoms. The fourth-order valence-electron chi connectivity index (χ4n) is 1.46. The van der Waals surface area contributed by atoms with Crippen molar-refractivity contribution >= 4 is 12.1 Å². The molecule has 0 saturated heterocycles. The lowest BCUT2D eigenvalue weighted by Crippen LogP contribution is -2.28. The molecule has 0 aromatic heterocycles. The summed E-state index contributed by atoms with van der Waals surface area (Å²) >= 11 is 0. The van der Waals surface area contributed by atoms with Gasteiger partial charge in [0.1, 0.15) is 11.8 Å². The molecule has 0 aliphatic carbocycles.